The first-order valence-electron chi connectivity index (χ1n) is 10.3. The molecule has 0 spiro atoms. The van der Waals surface area contributed by atoms with Crippen molar-refractivity contribution in [3.8, 4) is 11.5 Å². The minimum atomic E-state index is -0.646. The largest absolute Gasteiger partial charge is 0.492 e. The summed E-state index contributed by atoms with van der Waals surface area (Å²) in [6.07, 6.45) is -0.646. The van der Waals surface area contributed by atoms with Crippen molar-refractivity contribution in [3.63, 3.8) is 0 Å². The standard InChI is InChI=1S/C25H23FN2O4/c1-17-25(30)28(13-14-31-20-7-3-2-4-8-20)16-18-15-19(11-12-23(18)32-17)27-24(29)21-9-5-6-10-22(21)26/h2-12,15,17H,13-14,16H2,1H3,(H,27,29)/t17-/m0/s1. The Morgan fingerprint density at radius 3 is 2.66 bits per heavy atom. The van der Waals surface area contributed by atoms with Crippen LogP contribution >= 0.6 is 0 Å². The fourth-order valence-corrected chi connectivity index (χ4v) is 3.50. The Kier molecular flexibility index (Phi) is 6.35. The molecule has 4 rings (SSSR count). The van der Waals surface area contributed by atoms with E-state index in [0.29, 0.717) is 31.1 Å². The zero-order valence-corrected chi connectivity index (χ0v) is 17.6. The van der Waals surface area contributed by atoms with E-state index in [-0.39, 0.29) is 11.5 Å². The van der Waals surface area contributed by atoms with E-state index in [2.05, 4.69) is 5.32 Å². The number of ether oxygens (including phenoxy) is 2. The van der Waals surface area contributed by atoms with E-state index in [1.54, 1.807) is 36.1 Å². The monoisotopic (exact) mass is 434 g/mol. The number of nitrogens with one attached hydrogen (secondary N) is 1. The van der Waals surface area contributed by atoms with E-state index in [1.807, 2.05) is 30.3 Å². The number of hydrogen-bond donors (Lipinski definition) is 1. The maximum absolute atomic E-state index is 13.9. The predicted octanol–water partition coefficient (Wildman–Crippen LogP) is 4.27. The molecule has 1 heterocycles. The maximum atomic E-state index is 13.9. The van der Waals surface area contributed by atoms with Crippen molar-refractivity contribution in [3.05, 3.63) is 89.7 Å². The number of anilines is 1. The van der Waals surface area contributed by atoms with Crippen molar-refractivity contribution >= 4 is 17.5 Å². The van der Waals surface area contributed by atoms with Gasteiger partial charge in [-0.05, 0) is 49.4 Å². The van der Waals surface area contributed by atoms with Gasteiger partial charge in [-0.1, -0.05) is 30.3 Å². The minimum Gasteiger partial charge on any atom is -0.492 e. The fraction of sp³-hybridized carbons (Fsp3) is 0.200. The van der Waals surface area contributed by atoms with E-state index in [0.717, 1.165) is 11.3 Å². The molecule has 32 heavy (non-hydrogen) atoms. The number of fused-ring (bicyclic) bond motifs is 1. The van der Waals surface area contributed by atoms with E-state index >= 15 is 0 Å². The van der Waals surface area contributed by atoms with Crippen molar-refractivity contribution in [2.24, 2.45) is 0 Å². The number of rotatable bonds is 6. The van der Waals surface area contributed by atoms with Crippen LogP contribution in [-0.4, -0.2) is 36.0 Å². The SMILES string of the molecule is C[C@@H]1Oc2ccc(NC(=O)c3ccccc3F)cc2CN(CCOc2ccccc2)C1=O. The summed E-state index contributed by atoms with van der Waals surface area (Å²) in [6.45, 7) is 2.73. The summed E-state index contributed by atoms with van der Waals surface area (Å²) in [4.78, 5) is 26.9. The normalized spacial score (nSPS) is 15.4. The molecule has 1 aliphatic rings. The number of benzene rings is 3. The van der Waals surface area contributed by atoms with Gasteiger partial charge >= 0.3 is 0 Å². The third-order valence-corrected chi connectivity index (χ3v) is 5.13. The third kappa shape index (κ3) is 4.88. The van der Waals surface area contributed by atoms with Crippen molar-refractivity contribution in [1.29, 1.82) is 0 Å². The van der Waals surface area contributed by atoms with Crippen LogP contribution in [0.4, 0.5) is 10.1 Å². The van der Waals surface area contributed by atoms with Crippen LogP contribution in [0.15, 0.2) is 72.8 Å². The van der Waals surface area contributed by atoms with Gasteiger partial charge in [0.15, 0.2) is 6.10 Å². The second-order valence-corrected chi connectivity index (χ2v) is 7.44. The average molecular weight is 434 g/mol. The number of nitrogens with zero attached hydrogens (tertiary/aromatic N) is 1. The van der Waals surface area contributed by atoms with Gasteiger partial charge in [-0.15, -0.1) is 0 Å². The van der Waals surface area contributed by atoms with Gasteiger partial charge in [0.1, 0.15) is 23.9 Å². The molecule has 0 saturated carbocycles. The lowest BCUT2D eigenvalue weighted by atomic mass is 10.1. The number of carbonyl (C=O) groups excluding carboxylic acids is 2. The lowest BCUT2D eigenvalue weighted by Crippen LogP contribution is -2.40. The lowest BCUT2D eigenvalue weighted by Gasteiger charge is -2.22. The van der Waals surface area contributed by atoms with Crippen LogP contribution < -0.4 is 14.8 Å². The van der Waals surface area contributed by atoms with E-state index in [1.165, 1.54) is 18.2 Å². The number of carbonyl (C=O) groups is 2. The number of para-hydroxylation sites is 1. The minimum absolute atomic E-state index is 0.0396. The predicted molar refractivity (Wildman–Crippen MR) is 118 cm³/mol. The van der Waals surface area contributed by atoms with Gasteiger partial charge in [0.2, 0.25) is 0 Å². The first-order chi connectivity index (χ1) is 15.5. The first-order valence-corrected chi connectivity index (χ1v) is 10.3. The molecule has 164 valence electrons. The molecule has 0 bridgehead atoms. The maximum Gasteiger partial charge on any atom is 0.263 e. The molecule has 3 aromatic rings. The number of hydrogen-bond acceptors (Lipinski definition) is 4. The summed E-state index contributed by atoms with van der Waals surface area (Å²) in [5.41, 5.74) is 1.19. The number of amides is 2. The second kappa shape index (κ2) is 9.51. The molecular weight excluding hydrogens is 411 g/mol. The molecule has 2 amide bonds. The van der Waals surface area contributed by atoms with Crippen LogP contribution in [-0.2, 0) is 11.3 Å². The van der Waals surface area contributed by atoms with Gasteiger partial charge in [-0.25, -0.2) is 4.39 Å². The molecule has 0 aromatic heterocycles. The Balaban J connectivity index is 1.47. The zero-order chi connectivity index (χ0) is 22.5. The van der Waals surface area contributed by atoms with Gasteiger partial charge in [-0.3, -0.25) is 9.59 Å². The van der Waals surface area contributed by atoms with Gasteiger partial charge in [0.25, 0.3) is 11.8 Å². The molecule has 0 saturated heterocycles. The quantitative estimate of drug-likeness (QED) is 0.629. The molecule has 3 aromatic carbocycles. The van der Waals surface area contributed by atoms with Crippen LogP contribution in [0, 0.1) is 5.82 Å². The molecule has 0 aliphatic carbocycles. The van der Waals surface area contributed by atoms with E-state index in [9.17, 15) is 14.0 Å². The van der Waals surface area contributed by atoms with Crippen molar-refractivity contribution in [2.45, 2.75) is 19.6 Å². The van der Waals surface area contributed by atoms with Crippen molar-refractivity contribution < 1.29 is 23.5 Å². The lowest BCUT2D eigenvalue weighted by molar-refractivity contribution is -0.138. The van der Waals surface area contributed by atoms with Crippen LogP contribution in [0.3, 0.4) is 0 Å². The summed E-state index contributed by atoms with van der Waals surface area (Å²) in [5.74, 6) is 0.0240. The molecule has 1 aliphatic heterocycles. The van der Waals surface area contributed by atoms with Gasteiger partial charge < -0.3 is 19.7 Å². The van der Waals surface area contributed by atoms with Gasteiger partial charge in [0.05, 0.1) is 12.1 Å². The Morgan fingerprint density at radius 1 is 1.12 bits per heavy atom. The molecule has 7 heteroatoms. The molecular formula is C25H23FN2O4. The van der Waals surface area contributed by atoms with Crippen molar-refractivity contribution in [2.75, 3.05) is 18.5 Å². The van der Waals surface area contributed by atoms with Crippen molar-refractivity contribution in [1.82, 2.24) is 4.90 Å². The Hall–Kier alpha value is -3.87. The Morgan fingerprint density at radius 2 is 1.88 bits per heavy atom. The summed E-state index contributed by atoms with van der Waals surface area (Å²) in [5, 5.41) is 2.71. The highest BCUT2D eigenvalue weighted by molar-refractivity contribution is 6.04. The summed E-state index contributed by atoms with van der Waals surface area (Å²) < 4.78 is 25.5. The first kappa shape index (κ1) is 21.4. The van der Waals surface area contributed by atoms with Crippen LogP contribution in [0.25, 0.3) is 0 Å². The van der Waals surface area contributed by atoms with Crippen LogP contribution in [0.2, 0.25) is 0 Å². The van der Waals surface area contributed by atoms with E-state index < -0.39 is 17.8 Å². The van der Waals surface area contributed by atoms with Gasteiger partial charge in [-0.2, -0.15) is 0 Å². The van der Waals surface area contributed by atoms with Crippen LogP contribution in [0.1, 0.15) is 22.8 Å². The second-order valence-electron chi connectivity index (χ2n) is 7.44. The smallest absolute Gasteiger partial charge is 0.263 e. The average Bonchev–Trinajstić information content (AvgIpc) is 2.91. The molecule has 1 N–H and O–H groups in total. The number of halogens is 1. The highest BCUT2D eigenvalue weighted by atomic mass is 19.1. The highest BCUT2D eigenvalue weighted by Crippen LogP contribution is 2.29. The third-order valence-electron chi connectivity index (χ3n) is 5.13. The van der Waals surface area contributed by atoms with E-state index in [4.69, 9.17) is 9.47 Å². The zero-order valence-electron chi connectivity index (χ0n) is 17.6. The summed E-state index contributed by atoms with van der Waals surface area (Å²) >= 11 is 0. The van der Waals surface area contributed by atoms with Gasteiger partial charge in [0, 0.05) is 17.8 Å². The fourth-order valence-electron chi connectivity index (χ4n) is 3.50. The molecule has 6 nitrogen and oxygen atoms in total. The Labute approximate surface area is 185 Å². The molecule has 0 radical (unpaired) electrons. The molecule has 0 fully saturated rings. The van der Waals surface area contributed by atoms with Crippen LogP contribution in [0.5, 0.6) is 11.5 Å². The highest BCUT2D eigenvalue weighted by Gasteiger charge is 2.28. The summed E-state index contributed by atoms with van der Waals surface area (Å²) in [7, 11) is 0. The summed E-state index contributed by atoms with van der Waals surface area (Å²) in [6, 6.07) is 20.3. The molecule has 0 unspecified atom stereocenters. The molecule has 1 atom stereocenters. The Bertz CT molecular complexity index is 1120. The topological polar surface area (TPSA) is 67.9 Å².